The first kappa shape index (κ1) is 24.2. The van der Waals surface area contributed by atoms with Gasteiger partial charge in [-0.3, -0.25) is 9.48 Å². The van der Waals surface area contributed by atoms with E-state index in [2.05, 4.69) is 57.8 Å². The van der Waals surface area contributed by atoms with Crippen LogP contribution < -0.4 is 15.5 Å². The van der Waals surface area contributed by atoms with Crippen LogP contribution >= 0.6 is 0 Å². The minimum absolute atomic E-state index is 0.0208. The number of nitrogens with one attached hydrogen (secondary N) is 2. The predicted molar refractivity (Wildman–Crippen MR) is 128 cm³/mol. The third kappa shape index (κ3) is 8.70. The van der Waals surface area contributed by atoms with Gasteiger partial charge in [0.1, 0.15) is 6.54 Å². The van der Waals surface area contributed by atoms with Crippen LogP contribution in [-0.2, 0) is 11.3 Å². The molecule has 2 aromatic rings. The lowest BCUT2D eigenvalue weighted by Crippen LogP contribution is -2.40. The molecule has 2 rings (SSSR count). The van der Waals surface area contributed by atoms with E-state index in [1.807, 2.05) is 29.8 Å². The second kappa shape index (κ2) is 12.6. The van der Waals surface area contributed by atoms with Crippen molar-refractivity contribution in [1.82, 2.24) is 25.3 Å². The third-order valence-corrected chi connectivity index (χ3v) is 4.97. The molecule has 0 fully saturated rings. The number of hydrogen-bond acceptors (Lipinski definition) is 4. The number of aryl methyl sites for hydroxylation is 3. The van der Waals surface area contributed by atoms with Crippen LogP contribution in [0.4, 0.5) is 5.69 Å². The van der Waals surface area contributed by atoms with Crippen LogP contribution in [0.15, 0.2) is 41.4 Å². The van der Waals surface area contributed by atoms with E-state index in [0.717, 1.165) is 44.7 Å². The van der Waals surface area contributed by atoms with E-state index in [1.165, 1.54) is 11.4 Å². The molecule has 2 N–H and O–H groups in total. The van der Waals surface area contributed by atoms with Crippen LogP contribution in [-0.4, -0.2) is 73.9 Å². The number of guanidine groups is 1. The highest BCUT2D eigenvalue weighted by Gasteiger charge is 2.06. The summed E-state index contributed by atoms with van der Waals surface area (Å²) in [4.78, 5) is 20.2. The first-order valence-electron chi connectivity index (χ1n) is 10.9. The number of carbonyl (C=O) groups is 1. The van der Waals surface area contributed by atoms with E-state index >= 15 is 0 Å². The zero-order valence-corrected chi connectivity index (χ0v) is 19.6. The summed E-state index contributed by atoms with van der Waals surface area (Å²) >= 11 is 0. The van der Waals surface area contributed by atoms with Crippen LogP contribution in [0.3, 0.4) is 0 Å². The molecule has 1 amide bonds. The quantitative estimate of drug-likeness (QED) is 0.326. The summed E-state index contributed by atoms with van der Waals surface area (Å²) in [5.41, 5.74) is 3.41. The van der Waals surface area contributed by atoms with Crippen molar-refractivity contribution in [3.63, 3.8) is 0 Å². The summed E-state index contributed by atoms with van der Waals surface area (Å²) in [6.45, 7) is 7.51. The molecule has 0 spiro atoms. The molecule has 8 nitrogen and oxygen atoms in total. The second-order valence-corrected chi connectivity index (χ2v) is 7.92. The number of aromatic nitrogens is 2. The fourth-order valence-electron chi connectivity index (χ4n) is 3.13. The fourth-order valence-corrected chi connectivity index (χ4v) is 3.13. The molecule has 0 saturated carbocycles. The molecule has 31 heavy (non-hydrogen) atoms. The van der Waals surface area contributed by atoms with Gasteiger partial charge in [0.25, 0.3) is 0 Å². The molecule has 0 aliphatic carbocycles. The average molecular weight is 428 g/mol. The molecule has 8 heteroatoms. The van der Waals surface area contributed by atoms with Gasteiger partial charge in [0.05, 0.1) is 5.69 Å². The van der Waals surface area contributed by atoms with E-state index in [-0.39, 0.29) is 12.5 Å². The van der Waals surface area contributed by atoms with Crippen molar-refractivity contribution in [2.45, 2.75) is 33.2 Å². The Morgan fingerprint density at radius 2 is 1.74 bits per heavy atom. The Hall–Kier alpha value is -3.03. The van der Waals surface area contributed by atoms with Gasteiger partial charge in [-0.25, -0.2) is 4.99 Å². The summed E-state index contributed by atoms with van der Waals surface area (Å²) in [6.07, 6.45) is 1.88. The van der Waals surface area contributed by atoms with Crippen LogP contribution in [0.1, 0.15) is 24.2 Å². The second-order valence-electron chi connectivity index (χ2n) is 7.92. The minimum atomic E-state index is -0.0208. The van der Waals surface area contributed by atoms with Gasteiger partial charge in [0.15, 0.2) is 5.96 Å². The summed E-state index contributed by atoms with van der Waals surface area (Å²) in [6, 6.07) is 12.4. The Morgan fingerprint density at radius 1 is 1.06 bits per heavy atom. The van der Waals surface area contributed by atoms with Crippen molar-refractivity contribution < 1.29 is 4.79 Å². The number of hydrogen-bond donors (Lipinski definition) is 2. The molecule has 0 bridgehead atoms. The normalized spacial score (nSPS) is 11.3. The van der Waals surface area contributed by atoms with Gasteiger partial charge in [-0.2, -0.15) is 5.10 Å². The number of likely N-dealkylation sites (N-methyl/N-ethyl adjacent to an activating group) is 1. The van der Waals surface area contributed by atoms with Crippen molar-refractivity contribution >= 4 is 17.6 Å². The zero-order chi connectivity index (χ0) is 22.6. The standard InChI is InChI=1S/C23H37N7O/c1-19-17-20(2)30(27-19)16-10-14-25-23(26-18-22(31)28(3)4)24-13-9-15-29(5)21-11-7-6-8-12-21/h6-8,11-12,17H,9-10,13-16,18H2,1-5H3,(H2,24,25,26). The van der Waals surface area contributed by atoms with Gasteiger partial charge in [-0.05, 0) is 44.9 Å². The number of amides is 1. The number of para-hydroxylation sites is 1. The molecule has 1 heterocycles. The predicted octanol–water partition coefficient (Wildman–Crippen LogP) is 2.04. The fraction of sp³-hybridized carbons (Fsp3) is 0.522. The van der Waals surface area contributed by atoms with E-state index in [9.17, 15) is 4.79 Å². The lowest BCUT2D eigenvalue weighted by Gasteiger charge is -2.20. The van der Waals surface area contributed by atoms with Gasteiger partial charge < -0.3 is 20.4 Å². The number of nitrogens with zero attached hydrogens (tertiary/aromatic N) is 5. The highest BCUT2D eigenvalue weighted by molar-refractivity contribution is 5.84. The van der Waals surface area contributed by atoms with Crippen molar-refractivity contribution in [3.05, 3.63) is 47.8 Å². The van der Waals surface area contributed by atoms with Gasteiger partial charge in [0.2, 0.25) is 5.91 Å². The van der Waals surface area contributed by atoms with Crippen molar-refractivity contribution in [2.24, 2.45) is 4.99 Å². The highest BCUT2D eigenvalue weighted by Crippen LogP contribution is 2.10. The minimum Gasteiger partial charge on any atom is -0.375 e. The number of anilines is 1. The summed E-state index contributed by atoms with van der Waals surface area (Å²) < 4.78 is 2.02. The Labute approximate surface area is 186 Å². The van der Waals surface area contributed by atoms with Crippen LogP contribution in [0, 0.1) is 13.8 Å². The maximum atomic E-state index is 11.9. The molecule has 1 aromatic carbocycles. The Kier molecular flexibility index (Phi) is 9.87. The molecule has 170 valence electrons. The first-order valence-corrected chi connectivity index (χ1v) is 10.9. The monoisotopic (exact) mass is 427 g/mol. The Bertz CT molecular complexity index is 830. The van der Waals surface area contributed by atoms with Gasteiger partial charge in [-0.1, -0.05) is 18.2 Å². The highest BCUT2D eigenvalue weighted by atomic mass is 16.2. The molecule has 1 aromatic heterocycles. The van der Waals surface area contributed by atoms with E-state index < -0.39 is 0 Å². The SMILES string of the molecule is Cc1cc(C)n(CCCNC(=NCC(=O)N(C)C)NCCCN(C)c2ccccc2)n1. The smallest absolute Gasteiger partial charge is 0.243 e. The summed E-state index contributed by atoms with van der Waals surface area (Å²) in [7, 11) is 5.58. The van der Waals surface area contributed by atoms with Gasteiger partial charge in [0, 0.05) is 58.7 Å². The maximum absolute atomic E-state index is 11.9. The van der Waals surface area contributed by atoms with Crippen LogP contribution in [0.5, 0.6) is 0 Å². The van der Waals surface area contributed by atoms with Gasteiger partial charge in [-0.15, -0.1) is 0 Å². The average Bonchev–Trinajstić information content (AvgIpc) is 3.08. The maximum Gasteiger partial charge on any atom is 0.243 e. The topological polar surface area (TPSA) is 77.8 Å². The molecule has 0 aliphatic rings. The summed E-state index contributed by atoms with van der Waals surface area (Å²) in [5, 5.41) is 11.2. The van der Waals surface area contributed by atoms with Crippen molar-refractivity contribution in [1.29, 1.82) is 0 Å². The molecule has 0 radical (unpaired) electrons. The molecule has 0 aliphatic heterocycles. The van der Waals surface area contributed by atoms with E-state index in [1.54, 1.807) is 19.0 Å². The lowest BCUT2D eigenvalue weighted by atomic mass is 10.3. The molecular formula is C23H37N7O. The Morgan fingerprint density at radius 3 is 2.35 bits per heavy atom. The van der Waals surface area contributed by atoms with E-state index in [0.29, 0.717) is 5.96 Å². The lowest BCUT2D eigenvalue weighted by molar-refractivity contribution is -0.127. The Balaban J connectivity index is 1.79. The number of benzene rings is 1. The van der Waals surface area contributed by atoms with Crippen LogP contribution in [0.25, 0.3) is 0 Å². The van der Waals surface area contributed by atoms with Crippen LogP contribution in [0.2, 0.25) is 0 Å². The largest absolute Gasteiger partial charge is 0.375 e. The molecule has 0 atom stereocenters. The molecule has 0 saturated heterocycles. The molecular weight excluding hydrogens is 390 g/mol. The zero-order valence-electron chi connectivity index (χ0n) is 19.6. The number of rotatable bonds is 11. The van der Waals surface area contributed by atoms with Crippen molar-refractivity contribution in [3.8, 4) is 0 Å². The van der Waals surface area contributed by atoms with E-state index in [4.69, 9.17) is 0 Å². The number of aliphatic imine (C=N–C) groups is 1. The first-order chi connectivity index (χ1) is 14.9. The van der Waals surface area contributed by atoms with Gasteiger partial charge >= 0.3 is 0 Å². The molecule has 0 unspecified atom stereocenters. The third-order valence-electron chi connectivity index (χ3n) is 4.97. The number of carbonyl (C=O) groups excluding carboxylic acids is 1. The summed E-state index contributed by atoms with van der Waals surface area (Å²) in [5.74, 6) is 0.651. The van der Waals surface area contributed by atoms with Crippen molar-refractivity contribution in [2.75, 3.05) is 52.2 Å².